The Balaban J connectivity index is 1.16. The van der Waals surface area contributed by atoms with E-state index < -0.39 is 5.97 Å². The van der Waals surface area contributed by atoms with Crippen LogP contribution in [0.2, 0.25) is 0 Å². The van der Waals surface area contributed by atoms with E-state index in [0.717, 1.165) is 10.2 Å². The van der Waals surface area contributed by atoms with Gasteiger partial charge in [-0.2, -0.15) is 0 Å². The molecule has 5 aromatic rings. The number of anilines is 1. The van der Waals surface area contributed by atoms with Crippen LogP contribution in [0, 0.1) is 0 Å². The molecule has 13 heteroatoms. The van der Waals surface area contributed by atoms with Gasteiger partial charge in [0.25, 0.3) is 5.91 Å². The molecule has 0 saturated heterocycles. The molecule has 12 nitrogen and oxygen atoms in total. The van der Waals surface area contributed by atoms with E-state index in [9.17, 15) is 9.59 Å². The molecule has 1 aliphatic rings. The van der Waals surface area contributed by atoms with Gasteiger partial charge in [0.15, 0.2) is 5.71 Å². The molecule has 0 atom stereocenters. The fourth-order valence-electron chi connectivity index (χ4n) is 5.12. The second-order valence-electron chi connectivity index (χ2n) is 10.2. The number of halogens is 1. The summed E-state index contributed by atoms with van der Waals surface area (Å²) < 4.78 is 25.3. The molecule has 0 spiro atoms. The van der Waals surface area contributed by atoms with Crippen LogP contribution in [0.4, 0.5) is 5.69 Å². The largest absolute Gasteiger partial charge is 0.497 e. The van der Waals surface area contributed by atoms with Gasteiger partial charge in [0.1, 0.15) is 47.3 Å². The minimum Gasteiger partial charge on any atom is -0.497 e. The third-order valence-corrected chi connectivity index (χ3v) is 7.75. The fraction of sp³-hybridized carbons (Fsp3) is 0.242. The number of carbonyl (C=O) groups is 2. The number of oxime groups is 1. The molecule has 0 unspecified atom stereocenters. The van der Waals surface area contributed by atoms with Crippen LogP contribution in [0.3, 0.4) is 0 Å². The predicted octanol–water partition coefficient (Wildman–Crippen LogP) is 6.01. The number of aromatic nitrogens is 3. The minimum absolute atomic E-state index is 0.133. The Hall–Kier alpha value is -5.17. The number of hydrogen-bond donors (Lipinski definition) is 0. The maximum atomic E-state index is 13.2. The van der Waals surface area contributed by atoms with Gasteiger partial charge in [-0.3, -0.25) is 9.48 Å². The molecule has 2 aromatic heterocycles. The number of carbonyl (C=O) groups excluding carboxylic acids is 2. The number of fused-ring (bicyclic) bond motifs is 2. The second-order valence-corrected chi connectivity index (χ2v) is 11.1. The highest BCUT2D eigenvalue weighted by Crippen LogP contribution is 2.37. The van der Waals surface area contributed by atoms with E-state index >= 15 is 0 Å². The SMILES string of the molecule is CCO/N=C1\C(=O)N(CCn2cc(COc3ccc4oc(-c5ccc(OC)cc5)c(C(=O)OCC)c4c3)nn2)c2ccc(Br)cc21. The number of furan rings is 1. The first-order valence-electron chi connectivity index (χ1n) is 14.6. The normalized spacial score (nSPS) is 13.3. The number of ether oxygens (including phenoxy) is 3. The van der Waals surface area contributed by atoms with E-state index in [2.05, 4.69) is 31.4 Å². The van der Waals surface area contributed by atoms with E-state index in [4.69, 9.17) is 23.5 Å². The topological polar surface area (TPSA) is 131 Å². The summed E-state index contributed by atoms with van der Waals surface area (Å²) in [6.45, 7) is 5.03. The van der Waals surface area contributed by atoms with Gasteiger partial charge in [-0.05, 0) is 74.5 Å². The van der Waals surface area contributed by atoms with Crippen LogP contribution in [0.15, 0.2) is 80.9 Å². The molecule has 0 N–H and O–H groups in total. The molecule has 1 amide bonds. The lowest BCUT2D eigenvalue weighted by molar-refractivity contribution is -0.112. The number of methoxy groups -OCH3 is 1. The Bertz CT molecular complexity index is 1930. The number of amides is 1. The van der Waals surface area contributed by atoms with Gasteiger partial charge in [0, 0.05) is 27.5 Å². The van der Waals surface area contributed by atoms with Gasteiger partial charge in [-0.1, -0.05) is 26.3 Å². The molecule has 46 heavy (non-hydrogen) atoms. The predicted molar refractivity (Wildman–Crippen MR) is 173 cm³/mol. The van der Waals surface area contributed by atoms with Gasteiger partial charge in [-0.25, -0.2) is 4.79 Å². The monoisotopic (exact) mass is 687 g/mol. The van der Waals surface area contributed by atoms with E-state index in [1.807, 2.05) is 37.3 Å². The summed E-state index contributed by atoms with van der Waals surface area (Å²) in [5, 5.41) is 13.1. The van der Waals surface area contributed by atoms with Gasteiger partial charge in [-0.15, -0.1) is 5.10 Å². The minimum atomic E-state index is -0.491. The first-order chi connectivity index (χ1) is 22.4. The molecular weight excluding hydrogens is 658 g/mol. The van der Waals surface area contributed by atoms with Crippen LogP contribution in [-0.4, -0.2) is 59.5 Å². The summed E-state index contributed by atoms with van der Waals surface area (Å²) in [7, 11) is 1.59. The van der Waals surface area contributed by atoms with E-state index in [1.165, 1.54) is 0 Å². The standard InChI is InChI=1S/C33H30BrN5O7/c1-4-43-33(41)29-26-17-24(11-13-28(26)46-31(29)20-6-9-23(42-3)10-7-20)44-19-22-18-38(37-35-22)14-15-39-27-12-8-21(34)16-25(27)30(32(39)40)36-45-5-2/h6-13,16-18H,4-5,14-15,19H2,1-3H3/b36-30-. The van der Waals surface area contributed by atoms with Crippen molar-refractivity contribution in [1.29, 1.82) is 0 Å². The zero-order valence-corrected chi connectivity index (χ0v) is 26.9. The van der Waals surface area contributed by atoms with Crippen molar-refractivity contribution in [2.75, 3.05) is 31.8 Å². The lowest BCUT2D eigenvalue weighted by atomic mass is 10.1. The van der Waals surface area contributed by atoms with Crippen LogP contribution < -0.4 is 14.4 Å². The molecule has 0 aliphatic carbocycles. The van der Waals surface area contributed by atoms with Crippen molar-refractivity contribution in [3.63, 3.8) is 0 Å². The number of esters is 1. The van der Waals surface area contributed by atoms with Crippen molar-refractivity contribution in [1.82, 2.24) is 15.0 Å². The Morgan fingerprint density at radius 3 is 2.57 bits per heavy atom. The average molecular weight is 689 g/mol. The number of nitrogens with zero attached hydrogens (tertiary/aromatic N) is 5. The second kappa shape index (κ2) is 13.4. The summed E-state index contributed by atoms with van der Waals surface area (Å²) in [6, 6.07) is 18.1. The summed E-state index contributed by atoms with van der Waals surface area (Å²) in [4.78, 5) is 33.1. The maximum Gasteiger partial charge on any atom is 0.342 e. The molecule has 0 radical (unpaired) electrons. The highest BCUT2D eigenvalue weighted by molar-refractivity contribution is 9.10. The molecule has 0 bridgehead atoms. The van der Waals surface area contributed by atoms with Crippen LogP contribution in [0.1, 0.15) is 35.5 Å². The molecular formula is C33H30BrN5O7. The quantitative estimate of drug-likeness (QED) is 0.114. The molecule has 0 fully saturated rings. The average Bonchev–Trinajstić information content (AvgIpc) is 3.75. The molecule has 3 aromatic carbocycles. The Morgan fingerprint density at radius 2 is 1.80 bits per heavy atom. The van der Waals surface area contributed by atoms with Gasteiger partial charge in [0.2, 0.25) is 0 Å². The molecule has 236 valence electrons. The van der Waals surface area contributed by atoms with Crippen molar-refractivity contribution in [2.45, 2.75) is 27.0 Å². The van der Waals surface area contributed by atoms with Crippen LogP contribution >= 0.6 is 15.9 Å². The number of benzene rings is 3. The number of hydrogen-bond acceptors (Lipinski definition) is 10. The van der Waals surface area contributed by atoms with Gasteiger partial charge < -0.3 is 28.4 Å². The summed E-state index contributed by atoms with van der Waals surface area (Å²) >= 11 is 3.46. The van der Waals surface area contributed by atoms with Crippen LogP contribution in [-0.2, 0) is 27.5 Å². The molecule has 6 rings (SSSR count). The Morgan fingerprint density at radius 1 is 1.00 bits per heavy atom. The third-order valence-electron chi connectivity index (χ3n) is 7.25. The van der Waals surface area contributed by atoms with Crippen molar-refractivity contribution in [3.8, 4) is 22.8 Å². The maximum absolute atomic E-state index is 13.2. The molecule has 1 aliphatic heterocycles. The van der Waals surface area contributed by atoms with E-state index in [0.29, 0.717) is 70.3 Å². The van der Waals surface area contributed by atoms with Crippen LogP contribution in [0.5, 0.6) is 11.5 Å². The Kier molecular flexibility index (Phi) is 9.01. The Labute approximate surface area is 272 Å². The molecule has 0 saturated carbocycles. The highest BCUT2D eigenvalue weighted by atomic mass is 79.9. The summed E-state index contributed by atoms with van der Waals surface area (Å²) in [5.41, 5.74) is 3.86. The smallest absolute Gasteiger partial charge is 0.342 e. The van der Waals surface area contributed by atoms with Gasteiger partial charge in [0.05, 0.1) is 32.1 Å². The zero-order chi connectivity index (χ0) is 32.2. The van der Waals surface area contributed by atoms with Crippen molar-refractivity contribution in [3.05, 3.63) is 88.2 Å². The zero-order valence-electron chi connectivity index (χ0n) is 25.4. The fourth-order valence-corrected chi connectivity index (χ4v) is 5.48. The first kappa shape index (κ1) is 30.8. The highest BCUT2D eigenvalue weighted by Gasteiger charge is 2.34. The van der Waals surface area contributed by atoms with E-state index in [-0.39, 0.29) is 24.8 Å². The van der Waals surface area contributed by atoms with Crippen LogP contribution in [0.25, 0.3) is 22.3 Å². The lowest BCUT2D eigenvalue weighted by Crippen LogP contribution is -2.33. The lowest BCUT2D eigenvalue weighted by Gasteiger charge is -2.16. The number of rotatable bonds is 12. The third kappa shape index (κ3) is 6.18. The van der Waals surface area contributed by atoms with Gasteiger partial charge >= 0.3 is 5.97 Å². The summed E-state index contributed by atoms with van der Waals surface area (Å²) in [5.74, 6) is 0.877. The van der Waals surface area contributed by atoms with Crippen molar-refractivity contribution < 1.29 is 33.1 Å². The molecule has 3 heterocycles. The van der Waals surface area contributed by atoms with Crippen molar-refractivity contribution >= 4 is 50.2 Å². The first-order valence-corrected chi connectivity index (χ1v) is 15.4. The summed E-state index contributed by atoms with van der Waals surface area (Å²) in [6.07, 6.45) is 1.76. The van der Waals surface area contributed by atoms with Crippen molar-refractivity contribution in [2.24, 2.45) is 5.16 Å². The van der Waals surface area contributed by atoms with E-state index in [1.54, 1.807) is 60.1 Å².